The van der Waals surface area contributed by atoms with Gasteiger partial charge in [-0.1, -0.05) is 6.07 Å². The highest BCUT2D eigenvalue weighted by atomic mass is 16.6. The van der Waals surface area contributed by atoms with E-state index in [0.29, 0.717) is 0 Å². The molecule has 0 bridgehead atoms. The average molecular weight is 347 g/mol. The summed E-state index contributed by atoms with van der Waals surface area (Å²) < 4.78 is 10.6. The summed E-state index contributed by atoms with van der Waals surface area (Å²) in [7, 11) is 0. The Morgan fingerprint density at radius 1 is 1.16 bits per heavy atom. The van der Waals surface area contributed by atoms with Crippen molar-refractivity contribution in [1.82, 2.24) is 0 Å². The maximum Gasteiger partial charge on any atom is 0.273 e. The molecule has 2 rings (SSSR count). The number of rotatable bonds is 8. The molecule has 0 amide bonds. The lowest BCUT2D eigenvalue weighted by Gasteiger charge is -2.14. The van der Waals surface area contributed by atoms with E-state index in [4.69, 9.17) is 9.47 Å². The molecule has 1 unspecified atom stereocenters. The minimum absolute atomic E-state index is 0.107. The van der Waals surface area contributed by atoms with Gasteiger partial charge >= 0.3 is 0 Å². The van der Waals surface area contributed by atoms with Gasteiger partial charge in [-0.3, -0.25) is 14.9 Å². The fourth-order valence-electron chi connectivity index (χ4n) is 2.02. The predicted molar refractivity (Wildman–Crippen MR) is 88.2 cm³/mol. The Balaban J connectivity index is 1.85. The van der Waals surface area contributed by atoms with Gasteiger partial charge in [0, 0.05) is 12.1 Å². The topological polar surface area (TPSA) is 119 Å². The number of phenols is 1. The normalized spacial score (nSPS) is 11.6. The molecule has 1 atom stereocenters. The van der Waals surface area contributed by atoms with Crippen LogP contribution in [0, 0.1) is 10.1 Å². The Hall–Kier alpha value is -3.13. The van der Waals surface area contributed by atoms with Gasteiger partial charge in [-0.15, -0.1) is 0 Å². The lowest BCUT2D eigenvalue weighted by molar-refractivity contribution is -0.384. The highest BCUT2D eigenvalue weighted by Gasteiger charge is 2.11. The van der Waals surface area contributed by atoms with E-state index in [-0.39, 0.29) is 47.5 Å². The summed E-state index contributed by atoms with van der Waals surface area (Å²) in [5.41, 5.74) is 0.0752. The van der Waals surface area contributed by atoms with E-state index in [2.05, 4.69) is 0 Å². The standard InChI is InChI=1S/C17H17NO7/c1-11(19)16-6-5-15(8-17(16)21)25-10-13(20)9-24-14-4-2-3-12(7-14)18(22)23/h2-8,13,20-21H,9-10H2,1H3. The van der Waals surface area contributed by atoms with Crippen LogP contribution < -0.4 is 9.47 Å². The van der Waals surface area contributed by atoms with E-state index < -0.39 is 11.0 Å². The summed E-state index contributed by atoms with van der Waals surface area (Å²) in [6.45, 7) is 1.09. The first-order valence-corrected chi connectivity index (χ1v) is 7.39. The van der Waals surface area contributed by atoms with Crippen LogP contribution in [-0.4, -0.2) is 40.2 Å². The van der Waals surface area contributed by atoms with Gasteiger partial charge < -0.3 is 19.7 Å². The van der Waals surface area contributed by atoms with Gasteiger partial charge in [0.05, 0.1) is 16.6 Å². The summed E-state index contributed by atoms with van der Waals surface area (Å²) in [5.74, 6) is 0.0791. The van der Waals surface area contributed by atoms with Crippen LogP contribution in [0.2, 0.25) is 0 Å². The Labute approximate surface area is 143 Å². The number of nitro groups is 1. The summed E-state index contributed by atoms with van der Waals surface area (Å²) >= 11 is 0. The first-order valence-electron chi connectivity index (χ1n) is 7.39. The number of aliphatic hydroxyl groups is 1. The van der Waals surface area contributed by atoms with Gasteiger partial charge in [-0.25, -0.2) is 0 Å². The number of nitrogens with zero attached hydrogens (tertiary/aromatic N) is 1. The number of carbonyl (C=O) groups excluding carboxylic acids is 1. The van der Waals surface area contributed by atoms with Crippen LogP contribution in [0.15, 0.2) is 42.5 Å². The maximum atomic E-state index is 11.2. The quantitative estimate of drug-likeness (QED) is 0.427. The highest BCUT2D eigenvalue weighted by molar-refractivity contribution is 5.96. The molecular formula is C17H17NO7. The van der Waals surface area contributed by atoms with Crippen molar-refractivity contribution >= 4 is 11.5 Å². The van der Waals surface area contributed by atoms with Crippen molar-refractivity contribution in [3.63, 3.8) is 0 Å². The number of ketones is 1. The molecule has 0 spiro atoms. The molecule has 2 N–H and O–H groups in total. The Bertz CT molecular complexity index is 775. The summed E-state index contributed by atoms with van der Waals surface area (Å²) in [6, 6.07) is 9.83. The number of hydrogen-bond acceptors (Lipinski definition) is 7. The molecule has 8 heteroatoms. The zero-order valence-corrected chi connectivity index (χ0v) is 13.4. The number of benzene rings is 2. The van der Waals surface area contributed by atoms with Gasteiger partial charge in [-0.05, 0) is 25.1 Å². The van der Waals surface area contributed by atoms with Crippen LogP contribution >= 0.6 is 0 Å². The van der Waals surface area contributed by atoms with Gasteiger partial charge in [0.1, 0.15) is 36.6 Å². The first kappa shape index (κ1) is 18.2. The number of aromatic hydroxyl groups is 1. The zero-order chi connectivity index (χ0) is 18.4. The van der Waals surface area contributed by atoms with Crippen molar-refractivity contribution in [2.75, 3.05) is 13.2 Å². The second kappa shape index (κ2) is 8.11. The smallest absolute Gasteiger partial charge is 0.273 e. The van der Waals surface area contributed by atoms with Gasteiger partial charge in [-0.2, -0.15) is 0 Å². The van der Waals surface area contributed by atoms with Crippen molar-refractivity contribution in [2.24, 2.45) is 0 Å². The minimum atomic E-state index is -0.992. The molecular weight excluding hydrogens is 330 g/mol. The number of hydrogen-bond donors (Lipinski definition) is 2. The molecule has 2 aromatic carbocycles. The van der Waals surface area contributed by atoms with Crippen LogP contribution in [-0.2, 0) is 0 Å². The lowest BCUT2D eigenvalue weighted by atomic mass is 10.1. The first-order chi connectivity index (χ1) is 11.9. The molecule has 132 valence electrons. The monoisotopic (exact) mass is 347 g/mol. The van der Waals surface area contributed by atoms with Crippen LogP contribution in [0.3, 0.4) is 0 Å². The van der Waals surface area contributed by atoms with E-state index in [1.165, 1.54) is 43.3 Å². The fraction of sp³-hybridized carbons (Fsp3) is 0.235. The maximum absolute atomic E-state index is 11.2. The van der Waals surface area contributed by atoms with E-state index in [9.17, 15) is 25.1 Å². The van der Waals surface area contributed by atoms with E-state index in [1.54, 1.807) is 6.07 Å². The SMILES string of the molecule is CC(=O)c1ccc(OCC(O)COc2cccc([N+](=O)[O-])c2)cc1O. The van der Waals surface area contributed by atoms with E-state index in [0.717, 1.165) is 0 Å². The van der Waals surface area contributed by atoms with Gasteiger partial charge in [0.25, 0.3) is 5.69 Å². The Morgan fingerprint density at radius 3 is 2.36 bits per heavy atom. The molecule has 0 fully saturated rings. The number of carbonyl (C=O) groups is 1. The van der Waals surface area contributed by atoms with Gasteiger partial charge in [0.2, 0.25) is 0 Å². The van der Waals surface area contributed by atoms with Crippen LogP contribution in [0.1, 0.15) is 17.3 Å². The minimum Gasteiger partial charge on any atom is -0.507 e. The fourth-order valence-corrected chi connectivity index (χ4v) is 2.02. The number of nitro benzene ring substituents is 1. The molecule has 0 saturated heterocycles. The number of aliphatic hydroxyl groups excluding tert-OH is 1. The third-order valence-corrected chi connectivity index (χ3v) is 3.26. The molecule has 0 saturated carbocycles. The molecule has 0 radical (unpaired) electrons. The molecule has 0 aliphatic rings. The molecule has 0 aromatic heterocycles. The summed E-state index contributed by atoms with van der Waals surface area (Å²) in [5, 5.41) is 30.3. The van der Waals surface area contributed by atoms with Crippen LogP contribution in [0.5, 0.6) is 17.2 Å². The van der Waals surface area contributed by atoms with Crippen LogP contribution in [0.4, 0.5) is 5.69 Å². The van der Waals surface area contributed by atoms with Gasteiger partial charge in [0.15, 0.2) is 5.78 Å². The van der Waals surface area contributed by atoms with E-state index >= 15 is 0 Å². The number of non-ortho nitro benzene ring substituents is 1. The third-order valence-electron chi connectivity index (χ3n) is 3.26. The average Bonchev–Trinajstić information content (AvgIpc) is 2.58. The number of phenolic OH excluding ortho intramolecular Hbond substituents is 1. The number of ether oxygens (including phenoxy) is 2. The molecule has 0 aliphatic heterocycles. The van der Waals surface area contributed by atoms with Crippen LogP contribution in [0.25, 0.3) is 0 Å². The van der Waals surface area contributed by atoms with Crippen molar-refractivity contribution < 1.29 is 29.4 Å². The molecule has 0 aliphatic carbocycles. The number of Topliss-reactive ketones (excluding diaryl/α,β-unsaturated/α-hetero) is 1. The Morgan fingerprint density at radius 2 is 1.80 bits per heavy atom. The second-order valence-electron chi connectivity index (χ2n) is 5.27. The second-order valence-corrected chi connectivity index (χ2v) is 5.27. The Kier molecular flexibility index (Phi) is 5.91. The molecule has 25 heavy (non-hydrogen) atoms. The molecule has 2 aromatic rings. The molecule has 0 heterocycles. The summed E-state index contributed by atoms with van der Waals surface area (Å²) in [4.78, 5) is 21.4. The van der Waals surface area contributed by atoms with E-state index in [1.807, 2.05) is 0 Å². The van der Waals surface area contributed by atoms with Crippen molar-refractivity contribution in [3.8, 4) is 17.2 Å². The van der Waals surface area contributed by atoms with Crippen molar-refractivity contribution in [2.45, 2.75) is 13.0 Å². The van der Waals surface area contributed by atoms with Crippen molar-refractivity contribution in [3.05, 3.63) is 58.1 Å². The zero-order valence-electron chi connectivity index (χ0n) is 13.4. The largest absolute Gasteiger partial charge is 0.507 e. The highest BCUT2D eigenvalue weighted by Crippen LogP contribution is 2.24. The lowest BCUT2D eigenvalue weighted by Crippen LogP contribution is -2.25. The molecule has 8 nitrogen and oxygen atoms in total. The third kappa shape index (κ3) is 5.18. The predicted octanol–water partition coefficient (Wildman–Crippen LogP) is 2.32. The van der Waals surface area contributed by atoms with Crippen molar-refractivity contribution in [1.29, 1.82) is 0 Å². The summed E-state index contributed by atoms with van der Waals surface area (Å²) in [6.07, 6.45) is -0.992.